The number of thioether (sulfide) groups is 1. The van der Waals surface area contributed by atoms with Crippen LogP contribution in [0.25, 0.3) is 16.6 Å². The molecule has 2 aromatic heterocycles. The van der Waals surface area contributed by atoms with E-state index in [0.29, 0.717) is 0 Å². The van der Waals surface area contributed by atoms with E-state index in [4.69, 9.17) is 0 Å². The Morgan fingerprint density at radius 1 is 1.19 bits per heavy atom. The molecule has 6 nitrogen and oxygen atoms in total. The molecule has 0 amide bonds. The summed E-state index contributed by atoms with van der Waals surface area (Å²) in [6.07, 6.45) is -1.89. The first-order chi connectivity index (χ1) is 14.5. The van der Waals surface area contributed by atoms with E-state index in [1.54, 1.807) is 11.8 Å². The van der Waals surface area contributed by atoms with Gasteiger partial charge < -0.3 is 0 Å². The van der Waals surface area contributed by atoms with Gasteiger partial charge in [-0.2, -0.15) is 34.7 Å². The minimum absolute atomic E-state index is 0.161. The molecule has 1 aliphatic heterocycles. The van der Waals surface area contributed by atoms with Crippen LogP contribution in [0.2, 0.25) is 0 Å². The number of hydrogen-bond donors (Lipinski definition) is 0. The molecule has 0 unspecified atom stereocenters. The number of fused-ring (bicyclic) bond motifs is 1. The monoisotopic (exact) mass is 469 g/mol. The van der Waals surface area contributed by atoms with Gasteiger partial charge in [0.05, 0.1) is 22.9 Å². The van der Waals surface area contributed by atoms with Crippen LogP contribution in [-0.2, 0) is 21.4 Å². The van der Waals surface area contributed by atoms with Crippen LogP contribution >= 0.6 is 11.8 Å². The highest BCUT2D eigenvalue weighted by Gasteiger charge is 2.36. The normalized spacial score (nSPS) is 16.3. The van der Waals surface area contributed by atoms with Gasteiger partial charge in [-0.3, -0.25) is 4.79 Å². The van der Waals surface area contributed by atoms with Crippen molar-refractivity contribution in [1.82, 2.24) is 14.8 Å². The highest BCUT2D eigenvalue weighted by molar-refractivity contribution is 8.00. The number of pyridine rings is 1. The molecule has 1 aliphatic rings. The van der Waals surface area contributed by atoms with Crippen molar-refractivity contribution in [2.75, 3.05) is 17.3 Å². The van der Waals surface area contributed by atoms with E-state index in [1.165, 1.54) is 25.4 Å². The van der Waals surface area contributed by atoms with Gasteiger partial charge in [-0.1, -0.05) is 19.9 Å². The zero-order valence-electron chi connectivity index (χ0n) is 16.6. The second kappa shape index (κ2) is 7.33. The molecule has 1 fully saturated rings. The lowest BCUT2D eigenvalue weighted by Crippen LogP contribution is -2.37. The first-order valence-electron chi connectivity index (χ1n) is 9.37. The average Bonchev–Trinajstić information content (AvgIpc) is 2.71. The molecule has 0 N–H and O–H groups in total. The molecular weight excluding hydrogens is 451 g/mol. The Morgan fingerprint density at radius 2 is 1.90 bits per heavy atom. The van der Waals surface area contributed by atoms with Crippen LogP contribution in [0.1, 0.15) is 25.0 Å². The Kier molecular flexibility index (Phi) is 5.16. The fourth-order valence-electron chi connectivity index (χ4n) is 3.35. The predicted molar refractivity (Wildman–Crippen MR) is 113 cm³/mol. The summed E-state index contributed by atoms with van der Waals surface area (Å²) in [5.41, 5.74) is -1.34. The number of halogens is 3. The molecule has 0 spiro atoms. The van der Waals surface area contributed by atoms with Gasteiger partial charge in [0.2, 0.25) is 0 Å². The maximum absolute atomic E-state index is 13.1. The molecule has 0 radical (unpaired) electrons. The molecule has 0 atom stereocenters. The minimum atomic E-state index is -4.62. The van der Waals surface area contributed by atoms with Crippen LogP contribution in [0.3, 0.4) is 0 Å². The SMILES string of the molecule is CCS(=O)(=O)c1cc(C2(C)CSC2)cnc1-n1ncc2ccc(C(F)(F)F)cc2c1=O. The number of rotatable bonds is 4. The van der Waals surface area contributed by atoms with Crippen LogP contribution in [0.5, 0.6) is 0 Å². The second-order valence-electron chi connectivity index (χ2n) is 7.66. The van der Waals surface area contributed by atoms with Crippen LogP contribution in [0, 0.1) is 0 Å². The predicted octanol–water partition coefficient (Wildman–Crippen LogP) is 3.60. The van der Waals surface area contributed by atoms with E-state index >= 15 is 0 Å². The van der Waals surface area contributed by atoms with Crippen molar-refractivity contribution in [3.63, 3.8) is 0 Å². The van der Waals surface area contributed by atoms with Crippen molar-refractivity contribution < 1.29 is 21.6 Å². The lowest BCUT2D eigenvalue weighted by Gasteiger charge is -2.38. The van der Waals surface area contributed by atoms with E-state index < -0.39 is 27.1 Å². The largest absolute Gasteiger partial charge is 0.416 e. The second-order valence-corrected chi connectivity index (χ2v) is 10.9. The molecule has 4 rings (SSSR count). The summed E-state index contributed by atoms with van der Waals surface area (Å²) in [5, 5.41) is 3.98. The lowest BCUT2D eigenvalue weighted by atomic mass is 9.87. The van der Waals surface area contributed by atoms with Gasteiger partial charge in [-0.25, -0.2) is 13.4 Å². The van der Waals surface area contributed by atoms with E-state index in [2.05, 4.69) is 10.1 Å². The van der Waals surface area contributed by atoms with Crippen molar-refractivity contribution in [2.24, 2.45) is 0 Å². The van der Waals surface area contributed by atoms with Gasteiger partial charge in [0.25, 0.3) is 5.56 Å². The molecule has 31 heavy (non-hydrogen) atoms. The van der Waals surface area contributed by atoms with E-state index in [0.717, 1.165) is 40.0 Å². The van der Waals surface area contributed by atoms with Crippen molar-refractivity contribution in [3.05, 3.63) is 58.1 Å². The van der Waals surface area contributed by atoms with Gasteiger partial charge >= 0.3 is 6.18 Å². The molecule has 1 saturated heterocycles. The highest BCUT2D eigenvalue weighted by Crippen LogP contribution is 2.41. The molecular formula is C20H18F3N3O3S2. The molecule has 0 aliphatic carbocycles. The maximum Gasteiger partial charge on any atom is 0.416 e. The fourth-order valence-corrected chi connectivity index (χ4v) is 5.54. The molecule has 3 aromatic rings. The molecule has 164 valence electrons. The average molecular weight is 470 g/mol. The molecule has 0 bridgehead atoms. The first kappa shape index (κ1) is 21.8. The Bertz CT molecular complexity index is 1350. The van der Waals surface area contributed by atoms with Gasteiger partial charge in [-0.15, -0.1) is 0 Å². The Labute approximate surface area is 180 Å². The quantitative estimate of drug-likeness (QED) is 0.581. The summed E-state index contributed by atoms with van der Waals surface area (Å²) < 4.78 is 65.7. The summed E-state index contributed by atoms with van der Waals surface area (Å²) in [7, 11) is -3.79. The third kappa shape index (κ3) is 3.73. The summed E-state index contributed by atoms with van der Waals surface area (Å²) in [5.74, 6) is 1.18. The highest BCUT2D eigenvalue weighted by atomic mass is 32.2. The van der Waals surface area contributed by atoms with Crippen molar-refractivity contribution in [3.8, 4) is 5.82 Å². The van der Waals surface area contributed by atoms with Crippen LogP contribution in [0.4, 0.5) is 13.2 Å². The molecule has 3 heterocycles. The van der Waals surface area contributed by atoms with E-state index in [9.17, 15) is 26.4 Å². The van der Waals surface area contributed by atoms with Crippen molar-refractivity contribution >= 4 is 32.4 Å². The van der Waals surface area contributed by atoms with Crippen LogP contribution in [-0.4, -0.2) is 40.4 Å². The topological polar surface area (TPSA) is 81.9 Å². The fraction of sp³-hybridized carbons (Fsp3) is 0.350. The maximum atomic E-state index is 13.1. The Morgan fingerprint density at radius 3 is 2.48 bits per heavy atom. The zero-order valence-corrected chi connectivity index (χ0v) is 18.2. The van der Waals surface area contributed by atoms with Gasteiger partial charge in [0, 0.05) is 28.5 Å². The number of aromatic nitrogens is 3. The molecule has 0 saturated carbocycles. The van der Waals surface area contributed by atoms with E-state index in [-0.39, 0.29) is 32.7 Å². The number of alkyl halides is 3. The summed E-state index contributed by atoms with van der Waals surface area (Å²) in [6, 6.07) is 4.27. The first-order valence-corrected chi connectivity index (χ1v) is 12.2. The summed E-state index contributed by atoms with van der Waals surface area (Å²) in [6.45, 7) is 3.47. The third-order valence-electron chi connectivity index (χ3n) is 5.40. The van der Waals surface area contributed by atoms with Crippen molar-refractivity contribution in [2.45, 2.75) is 30.3 Å². The number of benzene rings is 1. The summed E-state index contributed by atoms with van der Waals surface area (Å²) in [4.78, 5) is 17.1. The van der Waals surface area contributed by atoms with Gasteiger partial charge in [-0.05, 0) is 23.8 Å². The number of nitrogens with zero attached hydrogens (tertiary/aromatic N) is 3. The minimum Gasteiger partial charge on any atom is -0.267 e. The van der Waals surface area contributed by atoms with Crippen LogP contribution < -0.4 is 5.56 Å². The van der Waals surface area contributed by atoms with E-state index in [1.807, 2.05) is 6.92 Å². The Balaban J connectivity index is 1.97. The zero-order chi connectivity index (χ0) is 22.6. The summed E-state index contributed by atoms with van der Waals surface area (Å²) >= 11 is 1.73. The van der Waals surface area contributed by atoms with Crippen molar-refractivity contribution in [1.29, 1.82) is 0 Å². The van der Waals surface area contributed by atoms with Crippen LogP contribution in [0.15, 0.2) is 46.3 Å². The molecule has 1 aromatic carbocycles. The number of sulfone groups is 1. The Hall–Kier alpha value is -2.40. The standard InChI is InChI=1S/C20H18F3N3O3S2/c1-3-31(28,29)16-7-14(19(2)10-30-11-19)9-24-17(16)26-18(27)15-6-13(20(21,22)23)5-4-12(15)8-25-26/h4-9H,3,10-11H2,1-2H3. The smallest absolute Gasteiger partial charge is 0.267 e. The third-order valence-corrected chi connectivity index (χ3v) is 8.82. The lowest BCUT2D eigenvalue weighted by molar-refractivity contribution is -0.137. The molecule has 11 heteroatoms. The number of hydrogen-bond acceptors (Lipinski definition) is 6. The van der Waals surface area contributed by atoms with Gasteiger partial charge in [0.1, 0.15) is 4.90 Å². The van der Waals surface area contributed by atoms with Gasteiger partial charge in [0.15, 0.2) is 15.7 Å².